The monoisotopic (exact) mass is 444 g/mol. The summed E-state index contributed by atoms with van der Waals surface area (Å²) in [4.78, 5) is 25.6. The third kappa shape index (κ3) is 3.92. The highest BCUT2D eigenvalue weighted by Crippen LogP contribution is 2.29. The molecule has 1 aromatic carbocycles. The van der Waals surface area contributed by atoms with E-state index in [1.807, 2.05) is 0 Å². The number of hydrogen-bond acceptors (Lipinski definition) is 8. The van der Waals surface area contributed by atoms with Crippen molar-refractivity contribution < 1.29 is 9.18 Å². The number of nitrogen functional groups attached to an aromatic ring is 1. The van der Waals surface area contributed by atoms with Gasteiger partial charge in [0.15, 0.2) is 17.3 Å². The molecule has 164 valence electrons. The first-order valence-corrected chi connectivity index (χ1v) is 9.82. The highest BCUT2D eigenvalue weighted by molar-refractivity contribution is 5.90. The Kier molecular flexibility index (Phi) is 4.86. The molecule has 0 saturated carbocycles. The number of aromatic nitrogens is 7. The van der Waals surface area contributed by atoms with E-state index in [-0.39, 0.29) is 5.69 Å². The van der Waals surface area contributed by atoms with Crippen LogP contribution in [0, 0.1) is 12.7 Å². The molecule has 4 heterocycles. The molecule has 0 unspecified atom stereocenters. The third-order valence-corrected chi connectivity index (χ3v) is 4.65. The molecular formula is C21H17FN10O. The van der Waals surface area contributed by atoms with Crippen LogP contribution in [-0.2, 0) is 0 Å². The minimum atomic E-state index is -0.621. The molecule has 0 fully saturated rings. The SMILES string of the molecule is Cc1nc(N)cc(-c2c(Nc3ccn(C(=O)Nc4ccccc4F)n3)nc3cccnn23)n1. The van der Waals surface area contributed by atoms with Crippen LogP contribution in [0.1, 0.15) is 5.82 Å². The number of fused-ring (bicyclic) bond motifs is 1. The van der Waals surface area contributed by atoms with Gasteiger partial charge in [-0.2, -0.15) is 9.78 Å². The van der Waals surface area contributed by atoms with E-state index in [0.29, 0.717) is 40.3 Å². The lowest BCUT2D eigenvalue weighted by molar-refractivity contribution is 0.251. The first kappa shape index (κ1) is 20.1. The number of nitrogens with two attached hydrogens (primary N) is 1. The maximum atomic E-state index is 13.8. The Morgan fingerprint density at radius 1 is 1.09 bits per heavy atom. The summed E-state index contributed by atoms with van der Waals surface area (Å²) in [7, 11) is 0. The number of anilines is 4. The van der Waals surface area contributed by atoms with Crippen LogP contribution >= 0.6 is 0 Å². The molecule has 12 heteroatoms. The summed E-state index contributed by atoms with van der Waals surface area (Å²) in [6.07, 6.45) is 3.07. The number of benzene rings is 1. The molecule has 0 aliphatic rings. The van der Waals surface area contributed by atoms with Crippen LogP contribution in [0.3, 0.4) is 0 Å². The zero-order valence-corrected chi connectivity index (χ0v) is 17.3. The second-order valence-electron chi connectivity index (χ2n) is 7.01. The molecule has 5 rings (SSSR count). The van der Waals surface area contributed by atoms with E-state index >= 15 is 0 Å². The molecule has 33 heavy (non-hydrogen) atoms. The molecule has 0 atom stereocenters. The number of nitrogens with one attached hydrogen (secondary N) is 2. The van der Waals surface area contributed by atoms with Gasteiger partial charge in [0, 0.05) is 24.5 Å². The van der Waals surface area contributed by atoms with Crippen LogP contribution < -0.4 is 16.4 Å². The predicted octanol–water partition coefficient (Wildman–Crippen LogP) is 3.24. The second kappa shape index (κ2) is 8.00. The van der Waals surface area contributed by atoms with Crippen LogP contribution in [0.15, 0.2) is 60.9 Å². The van der Waals surface area contributed by atoms with Crippen molar-refractivity contribution in [2.45, 2.75) is 6.92 Å². The summed E-state index contributed by atoms with van der Waals surface area (Å²) in [5.74, 6) is 1.00. The first-order valence-electron chi connectivity index (χ1n) is 9.82. The Morgan fingerprint density at radius 3 is 2.76 bits per heavy atom. The van der Waals surface area contributed by atoms with Gasteiger partial charge in [0.25, 0.3) is 0 Å². The number of nitrogens with zero attached hydrogens (tertiary/aromatic N) is 7. The van der Waals surface area contributed by atoms with E-state index in [0.717, 1.165) is 4.68 Å². The second-order valence-corrected chi connectivity index (χ2v) is 7.01. The Morgan fingerprint density at radius 2 is 1.94 bits per heavy atom. The summed E-state index contributed by atoms with van der Waals surface area (Å²) >= 11 is 0. The maximum Gasteiger partial charge on any atom is 0.346 e. The van der Waals surface area contributed by atoms with Gasteiger partial charge in [-0.15, -0.1) is 5.10 Å². The number of hydrogen-bond donors (Lipinski definition) is 3. The number of halogens is 1. The van der Waals surface area contributed by atoms with Crippen LogP contribution in [0.2, 0.25) is 0 Å². The average molecular weight is 444 g/mol. The lowest BCUT2D eigenvalue weighted by atomic mass is 10.3. The first-order chi connectivity index (χ1) is 16.0. The fraction of sp³-hybridized carbons (Fsp3) is 0.0476. The van der Waals surface area contributed by atoms with E-state index in [4.69, 9.17) is 5.73 Å². The number of rotatable bonds is 4. The van der Waals surface area contributed by atoms with Crippen LogP contribution in [0.5, 0.6) is 0 Å². The van der Waals surface area contributed by atoms with E-state index < -0.39 is 11.8 Å². The number of carbonyl (C=O) groups is 1. The smallest absolute Gasteiger partial charge is 0.346 e. The van der Waals surface area contributed by atoms with Crippen LogP contribution in [0.4, 0.5) is 32.3 Å². The fourth-order valence-electron chi connectivity index (χ4n) is 3.28. The van der Waals surface area contributed by atoms with Crippen molar-refractivity contribution in [2.24, 2.45) is 0 Å². The van der Waals surface area contributed by atoms with Crippen molar-refractivity contribution in [3.63, 3.8) is 0 Å². The quantitative estimate of drug-likeness (QED) is 0.384. The minimum absolute atomic E-state index is 0.0536. The van der Waals surface area contributed by atoms with Gasteiger partial charge < -0.3 is 16.4 Å². The van der Waals surface area contributed by atoms with Crippen LogP contribution in [0.25, 0.3) is 17.0 Å². The third-order valence-electron chi connectivity index (χ3n) is 4.65. The number of para-hydroxylation sites is 1. The van der Waals surface area contributed by atoms with Gasteiger partial charge >= 0.3 is 6.03 Å². The molecule has 0 spiro atoms. The zero-order valence-electron chi connectivity index (χ0n) is 17.3. The molecule has 5 aromatic rings. The van der Waals surface area contributed by atoms with Gasteiger partial charge in [0.1, 0.15) is 23.2 Å². The van der Waals surface area contributed by atoms with Gasteiger partial charge in [-0.25, -0.2) is 28.7 Å². The van der Waals surface area contributed by atoms with Crippen molar-refractivity contribution in [2.75, 3.05) is 16.4 Å². The van der Waals surface area contributed by atoms with Crippen molar-refractivity contribution >= 4 is 34.8 Å². The van der Waals surface area contributed by atoms with Gasteiger partial charge in [-0.1, -0.05) is 12.1 Å². The Balaban J connectivity index is 1.47. The van der Waals surface area contributed by atoms with Gasteiger partial charge in [-0.05, 0) is 31.2 Å². The number of imidazole rings is 1. The van der Waals surface area contributed by atoms with Gasteiger partial charge in [0.2, 0.25) is 0 Å². The molecule has 4 N–H and O–H groups in total. The molecule has 0 bridgehead atoms. The molecule has 0 aliphatic carbocycles. The Labute approximate surface area is 186 Å². The average Bonchev–Trinajstić information content (AvgIpc) is 3.39. The zero-order chi connectivity index (χ0) is 22.9. The van der Waals surface area contributed by atoms with E-state index in [2.05, 4.69) is 35.8 Å². The Bertz CT molecular complexity index is 1470. The largest absolute Gasteiger partial charge is 0.384 e. The van der Waals surface area contributed by atoms with Crippen molar-refractivity contribution in [3.05, 3.63) is 72.6 Å². The molecule has 0 radical (unpaired) electrons. The lowest BCUT2D eigenvalue weighted by Crippen LogP contribution is -2.20. The number of carbonyl (C=O) groups excluding carboxylic acids is 1. The number of aryl methyl sites for hydroxylation is 1. The summed E-state index contributed by atoms with van der Waals surface area (Å²) in [6.45, 7) is 1.74. The highest BCUT2D eigenvalue weighted by Gasteiger charge is 2.19. The van der Waals surface area contributed by atoms with Crippen molar-refractivity contribution in [1.82, 2.24) is 34.3 Å². The van der Waals surface area contributed by atoms with E-state index in [9.17, 15) is 9.18 Å². The molecule has 11 nitrogen and oxygen atoms in total. The van der Waals surface area contributed by atoms with Crippen molar-refractivity contribution in [1.29, 1.82) is 0 Å². The fourth-order valence-corrected chi connectivity index (χ4v) is 3.28. The molecule has 0 saturated heterocycles. The van der Waals surface area contributed by atoms with Crippen LogP contribution in [-0.4, -0.2) is 40.4 Å². The Hall–Kier alpha value is -4.87. The van der Waals surface area contributed by atoms with Crippen molar-refractivity contribution in [3.8, 4) is 11.4 Å². The molecule has 0 aliphatic heterocycles. The predicted molar refractivity (Wildman–Crippen MR) is 119 cm³/mol. The molecule has 4 aromatic heterocycles. The number of amides is 1. The van der Waals surface area contributed by atoms with E-state index in [1.54, 1.807) is 48.0 Å². The minimum Gasteiger partial charge on any atom is -0.384 e. The summed E-state index contributed by atoms with van der Waals surface area (Å²) in [5.41, 5.74) is 7.61. The summed E-state index contributed by atoms with van der Waals surface area (Å²) < 4.78 is 16.5. The topological polar surface area (TPSA) is 141 Å². The maximum absolute atomic E-state index is 13.8. The van der Waals surface area contributed by atoms with Gasteiger partial charge in [-0.3, -0.25) is 0 Å². The molecule has 1 amide bonds. The normalized spacial score (nSPS) is 11.0. The molecular weight excluding hydrogens is 427 g/mol. The summed E-state index contributed by atoms with van der Waals surface area (Å²) in [6, 6.07) is 12.0. The summed E-state index contributed by atoms with van der Waals surface area (Å²) in [5, 5.41) is 14.1. The van der Waals surface area contributed by atoms with E-state index in [1.165, 1.54) is 24.4 Å². The van der Waals surface area contributed by atoms with Gasteiger partial charge in [0.05, 0.1) is 11.4 Å². The standard InChI is InChI=1S/C21H17FN10O/c1-12-25-15(11-16(23)26-12)19-20(29-18-7-4-9-24-32(18)19)28-17-8-10-31(30-17)21(33)27-14-6-3-2-5-13(14)22/h2-11H,1H3,(H,27,33)(H,28,30)(H2,23,25,26). The lowest BCUT2D eigenvalue weighted by Gasteiger charge is -2.07. The highest BCUT2D eigenvalue weighted by atomic mass is 19.1.